The van der Waals surface area contributed by atoms with Crippen LogP contribution in [0.25, 0.3) is 43.8 Å². The van der Waals surface area contributed by atoms with E-state index in [9.17, 15) is 0 Å². The molecule has 0 saturated heterocycles. The average molecular weight is 811 g/mol. The fourth-order valence-corrected chi connectivity index (χ4v) is 15.3. The molecular formula is C59H46N2Si. The average Bonchev–Trinajstić information content (AvgIpc) is 3.71. The van der Waals surface area contributed by atoms with Gasteiger partial charge in [0.1, 0.15) is 6.17 Å². The van der Waals surface area contributed by atoms with Gasteiger partial charge in [0.2, 0.25) is 0 Å². The van der Waals surface area contributed by atoms with Gasteiger partial charge in [-0.1, -0.05) is 206 Å². The van der Waals surface area contributed by atoms with Gasteiger partial charge in [0, 0.05) is 5.69 Å². The zero-order chi connectivity index (χ0) is 41.6. The van der Waals surface area contributed by atoms with E-state index >= 15 is 0 Å². The molecule has 11 rings (SSSR count). The van der Waals surface area contributed by atoms with Crippen LogP contribution in [0, 0.1) is 13.8 Å². The van der Waals surface area contributed by atoms with Crippen LogP contribution in [0.2, 0.25) is 0 Å². The van der Waals surface area contributed by atoms with E-state index in [0.29, 0.717) is 0 Å². The Labute approximate surface area is 365 Å². The number of fused-ring (bicyclic) bond motifs is 3. The maximum absolute atomic E-state index is 3.83. The minimum absolute atomic E-state index is 0.00877. The molecule has 0 spiro atoms. The fourth-order valence-electron chi connectivity index (χ4n) is 10.1. The van der Waals surface area contributed by atoms with Crippen LogP contribution in [0.4, 0.5) is 17.1 Å². The van der Waals surface area contributed by atoms with Crippen molar-refractivity contribution >= 4 is 67.4 Å². The molecule has 2 nitrogen and oxygen atoms in total. The van der Waals surface area contributed by atoms with E-state index < -0.39 is 8.07 Å². The Bertz CT molecular complexity index is 3050. The molecule has 0 fully saturated rings. The third kappa shape index (κ3) is 6.16. The second-order valence-corrected chi connectivity index (χ2v) is 20.3. The Morgan fingerprint density at radius 3 is 1.31 bits per heavy atom. The van der Waals surface area contributed by atoms with Crippen molar-refractivity contribution in [3.63, 3.8) is 0 Å². The molecule has 0 aliphatic carbocycles. The van der Waals surface area contributed by atoms with Gasteiger partial charge in [0.25, 0.3) is 0 Å². The smallest absolute Gasteiger partial charge is 0.180 e. The first-order valence-corrected chi connectivity index (χ1v) is 23.6. The van der Waals surface area contributed by atoms with Gasteiger partial charge in [0.05, 0.1) is 11.4 Å². The van der Waals surface area contributed by atoms with Crippen molar-refractivity contribution in [2.45, 2.75) is 20.0 Å². The monoisotopic (exact) mass is 810 g/mol. The number of hydrogen-bond acceptors (Lipinski definition) is 2. The quantitative estimate of drug-likeness (QED) is 0.0934. The normalized spacial score (nSPS) is 13.6. The Kier molecular flexibility index (Phi) is 9.40. The molecule has 1 aliphatic heterocycles. The third-order valence-electron chi connectivity index (χ3n) is 13.1. The second kappa shape index (κ2) is 15.5. The zero-order valence-electron chi connectivity index (χ0n) is 35.0. The van der Waals surface area contributed by atoms with Gasteiger partial charge in [-0.05, 0) is 119 Å². The largest absolute Gasteiger partial charge is 0.359 e. The zero-order valence-corrected chi connectivity index (χ0v) is 36.0. The molecule has 1 heterocycles. The lowest BCUT2D eigenvalue weighted by atomic mass is 9.91. The first-order chi connectivity index (χ1) is 30.6. The predicted molar refractivity (Wildman–Crippen MR) is 267 cm³/mol. The van der Waals surface area contributed by atoms with Crippen molar-refractivity contribution in [3.8, 4) is 22.3 Å². The molecular weight excluding hydrogens is 765 g/mol. The fraction of sp³-hybridized carbons (Fsp3) is 0.0508. The van der Waals surface area contributed by atoms with Gasteiger partial charge < -0.3 is 10.2 Å². The minimum Gasteiger partial charge on any atom is -0.359 e. The summed E-state index contributed by atoms with van der Waals surface area (Å²) in [6, 6.07) is 85.8. The van der Waals surface area contributed by atoms with E-state index in [1.807, 2.05) is 0 Å². The Morgan fingerprint density at radius 2 is 0.806 bits per heavy atom. The minimum atomic E-state index is -2.88. The standard InChI is InChI=1S/C59H46N2Si/c1-41-39-55-56(40-42(41)2)61(59(60-55)46-19-7-3-8-20-46)47-37-35-44(36-38-47)43-31-33-45(34-32-43)57-51-27-15-17-29-53(51)58(54-30-18-16-28-52(54)57)62(48-21-9-4-10-22-48,49-23-11-5-12-24-49)50-25-13-6-14-26-50/h3-40,59-60H,1-2H3. The van der Waals surface area contributed by atoms with Crippen LogP contribution in [-0.2, 0) is 0 Å². The number of nitrogens with one attached hydrogen (secondary N) is 1. The summed E-state index contributed by atoms with van der Waals surface area (Å²) in [5.41, 5.74) is 12.2. The van der Waals surface area contributed by atoms with E-state index in [-0.39, 0.29) is 6.17 Å². The summed E-state index contributed by atoms with van der Waals surface area (Å²) in [5.74, 6) is 0. The summed E-state index contributed by atoms with van der Waals surface area (Å²) in [6.45, 7) is 4.39. The highest BCUT2D eigenvalue weighted by Crippen LogP contribution is 2.47. The van der Waals surface area contributed by atoms with Crippen LogP contribution in [0.5, 0.6) is 0 Å². The van der Waals surface area contributed by atoms with E-state index in [2.05, 4.69) is 255 Å². The Morgan fingerprint density at radius 1 is 0.403 bits per heavy atom. The van der Waals surface area contributed by atoms with E-state index in [1.54, 1.807) is 0 Å². The number of benzene rings is 10. The summed E-state index contributed by atoms with van der Waals surface area (Å²) in [4.78, 5) is 2.44. The van der Waals surface area contributed by atoms with Crippen LogP contribution < -0.4 is 31.0 Å². The van der Waals surface area contributed by atoms with Crippen molar-refractivity contribution in [1.29, 1.82) is 0 Å². The second-order valence-electron chi connectivity index (χ2n) is 16.6. The first-order valence-electron chi connectivity index (χ1n) is 21.6. The van der Waals surface area contributed by atoms with Crippen molar-refractivity contribution in [2.75, 3.05) is 10.2 Å². The van der Waals surface area contributed by atoms with Crippen LogP contribution >= 0.6 is 0 Å². The SMILES string of the molecule is Cc1cc2c(cc1C)N(c1ccc(-c3ccc(-c4c5ccccc5c([Si](c5ccccc5)(c5ccccc5)c5ccccc5)c5ccccc45)cc3)cc1)C(c1ccccc1)N2. The molecule has 0 aromatic heterocycles. The van der Waals surface area contributed by atoms with Crippen LogP contribution in [-0.4, -0.2) is 8.07 Å². The van der Waals surface area contributed by atoms with E-state index in [4.69, 9.17) is 0 Å². The molecule has 0 bridgehead atoms. The molecule has 1 N–H and O–H groups in total. The molecule has 62 heavy (non-hydrogen) atoms. The van der Waals surface area contributed by atoms with Crippen molar-refractivity contribution < 1.29 is 0 Å². The molecule has 0 saturated carbocycles. The van der Waals surface area contributed by atoms with Crippen LogP contribution in [0.15, 0.2) is 231 Å². The van der Waals surface area contributed by atoms with E-state index in [1.165, 1.54) is 92.6 Å². The highest BCUT2D eigenvalue weighted by molar-refractivity contribution is 7.21. The van der Waals surface area contributed by atoms with Gasteiger partial charge in [-0.15, -0.1) is 0 Å². The van der Waals surface area contributed by atoms with Gasteiger partial charge in [-0.2, -0.15) is 0 Å². The number of anilines is 3. The van der Waals surface area contributed by atoms with Crippen LogP contribution in [0.1, 0.15) is 22.9 Å². The summed E-state index contributed by atoms with van der Waals surface area (Å²) in [6.07, 6.45) is 0.00877. The molecule has 3 heteroatoms. The molecule has 0 radical (unpaired) electrons. The molecule has 1 unspecified atom stereocenters. The van der Waals surface area contributed by atoms with E-state index in [0.717, 1.165) is 5.69 Å². The maximum atomic E-state index is 3.83. The van der Waals surface area contributed by atoms with Crippen molar-refractivity contribution in [3.05, 3.63) is 247 Å². The number of hydrogen-bond donors (Lipinski definition) is 1. The van der Waals surface area contributed by atoms with Gasteiger partial charge in [-0.3, -0.25) is 0 Å². The number of aryl methyl sites for hydroxylation is 2. The van der Waals surface area contributed by atoms with Crippen molar-refractivity contribution in [1.82, 2.24) is 0 Å². The van der Waals surface area contributed by atoms with Gasteiger partial charge >= 0.3 is 0 Å². The topological polar surface area (TPSA) is 15.3 Å². The first kappa shape index (κ1) is 37.5. The molecule has 296 valence electrons. The third-order valence-corrected chi connectivity index (χ3v) is 18.0. The summed E-state index contributed by atoms with van der Waals surface area (Å²) < 4.78 is 0. The van der Waals surface area contributed by atoms with Gasteiger partial charge in [-0.25, -0.2) is 0 Å². The summed E-state index contributed by atoms with van der Waals surface area (Å²) >= 11 is 0. The molecule has 1 aliphatic rings. The molecule has 1 atom stereocenters. The Balaban J connectivity index is 1.04. The molecule has 10 aromatic carbocycles. The molecule has 0 amide bonds. The lowest BCUT2D eigenvalue weighted by molar-refractivity contribution is 0.828. The lowest BCUT2D eigenvalue weighted by Gasteiger charge is -2.37. The molecule has 10 aromatic rings. The predicted octanol–water partition coefficient (Wildman–Crippen LogP) is 12.6. The lowest BCUT2D eigenvalue weighted by Crippen LogP contribution is -2.75. The maximum Gasteiger partial charge on any atom is 0.180 e. The highest BCUT2D eigenvalue weighted by atomic mass is 28.3. The summed E-state index contributed by atoms with van der Waals surface area (Å²) in [7, 11) is -2.88. The van der Waals surface area contributed by atoms with Crippen molar-refractivity contribution in [2.24, 2.45) is 0 Å². The number of rotatable bonds is 8. The van der Waals surface area contributed by atoms with Crippen LogP contribution in [0.3, 0.4) is 0 Å². The number of nitrogens with zero attached hydrogens (tertiary/aromatic N) is 1. The van der Waals surface area contributed by atoms with Gasteiger partial charge in [0.15, 0.2) is 8.07 Å². The Hall–Kier alpha value is -7.46. The highest BCUT2D eigenvalue weighted by Gasteiger charge is 2.44. The summed E-state index contributed by atoms with van der Waals surface area (Å²) in [5, 5.41) is 14.6.